The van der Waals surface area contributed by atoms with Crippen LogP contribution in [0.25, 0.3) is 0 Å². The Balaban J connectivity index is 2.92. The molecular formula is C10H13N3O4. The minimum atomic E-state index is -0.542. The van der Waals surface area contributed by atoms with E-state index >= 15 is 0 Å². The average molecular weight is 239 g/mol. The van der Waals surface area contributed by atoms with E-state index in [0.717, 1.165) is 0 Å². The quantitative estimate of drug-likeness (QED) is 0.589. The maximum atomic E-state index is 11.5. The first-order valence-electron chi connectivity index (χ1n) is 5.05. The molecule has 0 bridgehead atoms. The largest absolute Gasteiger partial charge is 0.370 e. The summed E-state index contributed by atoms with van der Waals surface area (Å²) in [6.07, 6.45) is 1.72. The molecule has 0 fully saturated rings. The highest BCUT2D eigenvalue weighted by atomic mass is 16.6. The Bertz CT molecular complexity index is 507. The van der Waals surface area contributed by atoms with Crippen molar-refractivity contribution in [1.29, 1.82) is 0 Å². The van der Waals surface area contributed by atoms with Gasteiger partial charge in [0.1, 0.15) is 0 Å². The standard InChI is InChI=1S/C10H13N3O4/c1-7-5-10(15)12(4-2-3-9(11)14)6-8(7)13(16)17/h5-6H,2-4H2,1H3,(H2,11,14). The van der Waals surface area contributed by atoms with Gasteiger partial charge in [-0.3, -0.25) is 19.7 Å². The third kappa shape index (κ3) is 3.40. The Labute approximate surface area is 97.0 Å². The van der Waals surface area contributed by atoms with Gasteiger partial charge in [-0.25, -0.2) is 0 Å². The van der Waals surface area contributed by atoms with Gasteiger partial charge in [0.05, 0.1) is 11.1 Å². The molecule has 1 rings (SSSR count). The lowest BCUT2D eigenvalue weighted by atomic mass is 10.2. The summed E-state index contributed by atoms with van der Waals surface area (Å²) in [5.74, 6) is -0.459. The SMILES string of the molecule is Cc1cc(=O)n(CCCC(N)=O)cc1[N+](=O)[O-]. The first-order valence-corrected chi connectivity index (χ1v) is 5.05. The second kappa shape index (κ2) is 5.24. The molecule has 1 aromatic heterocycles. The molecule has 7 nitrogen and oxygen atoms in total. The van der Waals surface area contributed by atoms with E-state index in [-0.39, 0.29) is 24.2 Å². The van der Waals surface area contributed by atoms with E-state index in [9.17, 15) is 19.7 Å². The minimum Gasteiger partial charge on any atom is -0.370 e. The number of aromatic nitrogens is 1. The molecule has 0 spiro atoms. The number of hydrogen-bond donors (Lipinski definition) is 1. The van der Waals surface area contributed by atoms with E-state index in [0.29, 0.717) is 12.0 Å². The smallest absolute Gasteiger partial charge is 0.288 e. The molecule has 1 aromatic rings. The molecule has 17 heavy (non-hydrogen) atoms. The van der Waals surface area contributed by atoms with Crippen molar-refractivity contribution in [3.63, 3.8) is 0 Å². The monoisotopic (exact) mass is 239 g/mol. The predicted octanol–water partition coefficient (Wildman–Crippen LogP) is 0.330. The molecule has 2 N–H and O–H groups in total. The fraction of sp³-hybridized carbons (Fsp3) is 0.400. The summed E-state index contributed by atoms with van der Waals surface area (Å²) in [6.45, 7) is 1.75. The van der Waals surface area contributed by atoms with Crippen LogP contribution in [0.5, 0.6) is 0 Å². The zero-order chi connectivity index (χ0) is 13.0. The lowest BCUT2D eigenvalue weighted by Crippen LogP contribution is -2.21. The summed E-state index contributed by atoms with van der Waals surface area (Å²) in [4.78, 5) is 32.2. The Hall–Kier alpha value is -2.18. The van der Waals surface area contributed by atoms with Crippen LogP contribution in [0.1, 0.15) is 18.4 Å². The second-order valence-corrected chi connectivity index (χ2v) is 3.70. The number of primary amides is 1. The maximum Gasteiger partial charge on any atom is 0.288 e. The molecule has 0 unspecified atom stereocenters. The van der Waals surface area contributed by atoms with E-state index in [4.69, 9.17) is 5.73 Å². The molecule has 0 aliphatic heterocycles. The minimum absolute atomic E-state index is 0.108. The maximum absolute atomic E-state index is 11.5. The highest BCUT2D eigenvalue weighted by Crippen LogP contribution is 2.14. The molecule has 0 atom stereocenters. The number of nitrogens with two attached hydrogens (primary N) is 1. The number of pyridine rings is 1. The fourth-order valence-electron chi connectivity index (χ4n) is 1.44. The number of carbonyl (C=O) groups is 1. The molecule has 1 heterocycles. The number of aryl methyl sites for hydroxylation is 2. The highest BCUT2D eigenvalue weighted by molar-refractivity contribution is 5.73. The molecule has 0 aliphatic carbocycles. The summed E-state index contributed by atoms with van der Waals surface area (Å²) in [5.41, 5.74) is 4.86. The van der Waals surface area contributed by atoms with E-state index in [1.54, 1.807) is 0 Å². The molecular weight excluding hydrogens is 226 g/mol. The fourth-order valence-corrected chi connectivity index (χ4v) is 1.44. The van der Waals surface area contributed by atoms with Crippen LogP contribution in [0.15, 0.2) is 17.1 Å². The molecule has 92 valence electrons. The number of hydrogen-bond acceptors (Lipinski definition) is 4. The molecule has 0 saturated carbocycles. The molecule has 0 aliphatic rings. The first kappa shape index (κ1) is 12.9. The van der Waals surface area contributed by atoms with Gasteiger partial charge < -0.3 is 10.3 Å². The van der Waals surface area contributed by atoms with Crippen LogP contribution in [0.2, 0.25) is 0 Å². The van der Waals surface area contributed by atoms with Crippen molar-refractivity contribution < 1.29 is 9.72 Å². The van der Waals surface area contributed by atoms with Gasteiger partial charge in [-0.05, 0) is 13.3 Å². The summed E-state index contributed by atoms with van der Waals surface area (Å²) in [6, 6.07) is 1.21. The Morgan fingerprint density at radius 2 is 2.24 bits per heavy atom. The van der Waals surface area contributed by atoms with Crippen LogP contribution in [0.4, 0.5) is 5.69 Å². The number of rotatable bonds is 5. The Kier molecular flexibility index (Phi) is 3.97. The molecule has 0 aromatic carbocycles. The lowest BCUT2D eigenvalue weighted by Gasteiger charge is -2.05. The van der Waals surface area contributed by atoms with Crippen LogP contribution in [-0.4, -0.2) is 15.4 Å². The summed E-state index contributed by atoms with van der Waals surface area (Å²) in [5, 5.41) is 10.7. The normalized spacial score (nSPS) is 10.2. The first-order chi connectivity index (χ1) is 7.91. The zero-order valence-corrected chi connectivity index (χ0v) is 9.38. The van der Waals surface area contributed by atoms with Crippen molar-refractivity contribution in [2.24, 2.45) is 5.73 Å². The average Bonchev–Trinajstić information content (AvgIpc) is 2.20. The molecule has 0 radical (unpaired) electrons. The molecule has 1 amide bonds. The topological polar surface area (TPSA) is 108 Å². The van der Waals surface area contributed by atoms with Crippen LogP contribution >= 0.6 is 0 Å². The van der Waals surface area contributed by atoms with Crippen molar-refractivity contribution in [2.75, 3.05) is 0 Å². The van der Waals surface area contributed by atoms with Gasteiger partial charge in [0.2, 0.25) is 5.91 Å². The van der Waals surface area contributed by atoms with Crippen molar-refractivity contribution in [3.8, 4) is 0 Å². The van der Waals surface area contributed by atoms with Gasteiger partial charge in [0.15, 0.2) is 0 Å². The van der Waals surface area contributed by atoms with Crippen molar-refractivity contribution in [2.45, 2.75) is 26.3 Å². The van der Waals surface area contributed by atoms with Gasteiger partial charge in [0, 0.05) is 24.6 Å². The van der Waals surface area contributed by atoms with Gasteiger partial charge in [-0.1, -0.05) is 0 Å². The number of nitrogens with zero attached hydrogens (tertiary/aromatic N) is 2. The molecule has 7 heteroatoms. The van der Waals surface area contributed by atoms with E-state index in [1.165, 1.54) is 23.8 Å². The van der Waals surface area contributed by atoms with E-state index in [1.807, 2.05) is 0 Å². The molecule has 0 saturated heterocycles. The van der Waals surface area contributed by atoms with Crippen molar-refractivity contribution >= 4 is 11.6 Å². The second-order valence-electron chi connectivity index (χ2n) is 3.70. The number of nitro groups is 1. The predicted molar refractivity (Wildman–Crippen MR) is 60.5 cm³/mol. The van der Waals surface area contributed by atoms with Gasteiger partial charge in [0.25, 0.3) is 11.2 Å². The van der Waals surface area contributed by atoms with Crippen LogP contribution < -0.4 is 11.3 Å². The highest BCUT2D eigenvalue weighted by Gasteiger charge is 2.12. The van der Waals surface area contributed by atoms with E-state index in [2.05, 4.69) is 0 Å². The van der Waals surface area contributed by atoms with Gasteiger partial charge >= 0.3 is 0 Å². The van der Waals surface area contributed by atoms with Crippen molar-refractivity contribution in [3.05, 3.63) is 38.3 Å². The Morgan fingerprint density at radius 1 is 1.59 bits per heavy atom. The zero-order valence-electron chi connectivity index (χ0n) is 9.38. The van der Waals surface area contributed by atoms with Crippen LogP contribution in [0, 0.1) is 17.0 Å². The van der Waals surface area contributed by atoms with Crippen LogP contribution in [0.3, 0.4) is 0 Å². The lowest BCUT2D eigenvalue weighted by molar-refractivity contribution is -0.385. The van der Waals surface area contributed by atoms with Gasteiger partial charge in [-0.15, -0.1) is 0 Å². The van der Waals surface area contributed by atoms with E-state index < -0.39 is 10.8 Å². The summed E-state index contributed by atoms with van der Waals surface area (Å²) in [7, 11) is 0. The summed E-state index contributed by atoms with van der Waals surface area (Å²) >= 11 is 0. The number of carbonyl (C=O) groups excluding carboxylic acids is 1. The number of amides is 1. The summed E-state index contributed by atoms with van der Waals surface area (Å²) < 4.78 is 1.22. The Morgan fingerprint density at radius 3 is 2.76 bits per heavy atom. The third-order valence-corrected chi connectivity index (χ3v) is 2.32. The van der Waals surface area contributed by atoms with Gasteiger partial charge in [-0.2, -0.15) is 0 Å². The van der Waals surface area contributed by atoms with Crippen molar-refractivity contribution in [1.82, 2.24) is 4.57 Å². The third-order valence-electron chi connectivity index (χ3n) is 2.32. The van der Waals surface area contributed by atoms with Crippen LogP contribution in [-0.2, 0) is 11.3 Å².